The SMILES string of the molecule is C[N+](C)(C)CCOP(=O)([O-])OCC(O)CO.C[N+](C)(C)CCOP(=O)([O-])OCC(O)CO.[Cl][Cd][Cl].[Cl][Cd][Cl].[Cl][Cd][Cl]. The van der Waals surface area contributed by atoms with Gasteiger partial charge in [0.15, 0.2) is 0 Å². The predicted molar refractivity (Wildman–Crippen MR) is 146 cm³/mol. The Morgan fingerprint density at radius 2 is 0.854 bits per heavy atom. The maximum absolute atomic E-state index is 11.1. The molecule has 4 atom stereocenters. The molecule has 0 bridgehead atoms. The molecule has 0 aromatic rings. The fraction of sp³-hybridized carbons (Fsp3) is 1.00. The molecule has 25 heteroatoms. The van der Waals surface area contributed by atoms with E-state index in [1.807, 2.05) is 42.3 Å². The van der Waals surface area contributed by atoms with Crippen LogP contribution in [0.1, 0.15) is 0 Å². The van der Waals surface area contributed by atoms with Crippen molar-refractivity contribution in [2.24, 2.45) is 0 Å². The van der Waals surface area contributed by atoms with Crippen LogP contribution in [0.5, 0.6) is 0 Å². The van der Waals surface area contributed by atoms with Crippen LogP contribution < -0.4 is 9.79 Å². The van der Waals surface area contributed by atoms with Crippen molar-refractivity contribution in [3.8, 4) is 0 Å². The minimum atomic E-state index is -4.38. The van der Waals surface area contributed by atoms with Crippen LogP contribution in [0.3, 0.4) is 0 Å². The molecule has 0 aliphatic carbocycles. The fourth-order valence-corrected chi connectivity index (χ4v) is 2.86. The van der Waals surface area contributed by atoms with Crippen molar-refractivity contribution in [3.05, 3.63) is 0 Å². The van der Waals surface area contributed by atoms with Crippen LogP contribution in [0.15, 0.2) is 0 Å². The first kappa shape index (κ1) is 54.9. The molecule has 14 nitrogen and oxygen atoms in total. The number of halogens is 6. The minimum absolute atomic E-state index is 0.0134. The topological polar surface area (TPSA) is 198 Å². The van der Waals surface area contributed by atoms with Gasteiger partial charge in [0.25, 0.3) is 15.6 Å². The van der Waals surface area contributed by atoms with Crippen LogP contribution >= 0.6 is 65.5 Å². The van der Waals surface area contributed by atoms with Crippen LogP contribution in [-0.2, 0) is 92.6 Å². The van der Waals surface area contributed by atoms with Gasteiger partial charge < -0.3 is 57.3 Å². The van der Waals surface area contributed by atoms with Gasteiger partial charge >= 0.3 is 115 Å². The first-order valence-corrected chi connectivity index (χ1v) is 44.9. The number of hydrogen-bond donors (Lipinski definition) is 4. The molecule has 0 aromatic carbocycles. The molecule has 244 valence electrons. The third kappa shape index (κ3) is 60.3. The second-order valence-electron chi connectivity index (χ2n) is 9.16. The standard InChI is InChI=1S/2C8H20NO6P.3Cd.6ClH/c2*1-9(2,3)4-5-14-16(12,13)15-7-8(11)6-10;;;;;;;;;/h2*8,10-11H,4-7H2,1-3H3;;;;6*1H/q;;3*+2;;;;;;/p-6. The molecule has 0 aromatic heterocycles. The number of aliphatic hydroxyl groups is 4. The van der Waals surface area contributed by atoms with Gasteiger partial charge in [-0.2, -0.15) is 0 Å². The van der Waals surface area contributed by atoms with E-state index < -0.39 is 120 Å². The molecule has 0 aliphatic heterocycles. The monoisotopic (exact) mass is 1070 g/mol. The summed E-state index contributed by atoms with van der Waals surface area (Å²) in [6.07, 6.45) is -2.44. The maximum atomic E-state index is 11.1. The molecule has 0 rings (SSSR count). The second kappa shape index (κ2) is 34.4. The normalized spacial score (nSPS) is 14.9. The molecule has 0 saturated heterocycles. The zero-order valence-electron chi connectivity index (χ0n) is 24.0. The Labute approximate surface area is 300 Å². The number of nitrogens with zero attached hydrogens (tertiary/aromatic N) is 2. The van der Waals surface area contributed by atoms with Crippen LogP contribution in [0.2, 0.25) is 0 Å². The Bertz CT molecular complexity index is 610. The summed E-state index contributed by atoms with van der Waals surface area (Å²) >= 11 is -3.20. The Balaban J connectivity index is -0.000000163. The van der Waals surface area contributed by atoms with E-state index in [0.717, 1.165) is 0 Å². The van der Waals surface area contributed by atoms with Crippen molar-refractivity contribution in [1.82, 2.24) is 0 Å². The summed E-state index contributed by atoms with van der Waals surface area (Å²) in [4.78, 5) is 22.2. The number of hydrogen-bond acceptors (Lipinski definition) is 12. The van der Waals surface area contributed by atoms with Gasteiger partial charge in [-0.3, -0.25) is 9.13 Å². The van der Waals surface area contributed by atoms with Crippen molar-refractivity contribution in [3.63, 3.8) is 0 Å². The second-order valence-corrected chi connectivity index (χ2v) is 30.0. The first-order valence-electron chi connectivity index (χ1n) is 11.3. The van der Waals surface area contributed by atoms with Crippen molar-refractivity contribution in [1.29, 1.82) is 0 Å². The molecule has 4 N–H and O–H groups in total. The zero-order valence-corrected chi connectivity index (χ0v) is 42.5. The van der Waals surface area contributed by atoms with Gasteiger partial charge in [0.1, 0.15) is 38.5 Å². The van der Waals surface area contributed by atoms with E-state index in [2.05, 4.69) is 18.1 Å². The van der Waals surface area contributed by atoms with E-state index in [1.165, 1.54) is 0 Å². The molecule has 0 spiro atoms. The Morgan fingerprint density at radius 3 is 1.02 bits per heavy atom. The van der Waals surface area contributed by atoms with E-state index in [9.17, 15) is 18.9 Å². The van der Waals surface area contributed by atoms with E-state index in [0.29, 0.717) is 22.1 Å². The summed E-state index contributed by atoms with van der Waals surface area (Å²) in [6.45, 7) is -1.06. The van der Waals surface area contributed by atoms with Crippen molar-refractivity contribution in [2.75, 3.05) is 95.0 Å². The molecule has 41 heavy (non-hydrogen) atoms. The number of rotatable bonds is 16. The van der Waals surface area contributed by atoms with Gasteiger partial charge in [-0.15, -0.1) is 0 Å². The predicted octanol–water partition coefficient (Wildman–Crippen LogP) is 1.22. The quantitative estimate of drug-likeness (QED) is 0.0983. The first-order chi connectivity index (χ1) is 18.6. The summed E-state index contributed by atoms with van der Waals surface area (Å²) in [7, 11) is 32.5. The number of phosphoric ester groups is 2. The number of quaternary nitrogens is 2. The van der Waals surface area contributed by atoms with Gasteiger partial charge in [0.2, 0.25) is 0 Å². The van der Waals surface area contributed by atoms with E-state index in [1.54, 1.807) is 0 Å². The van der Waals surface area contributed by atoms with Gasteiger partial charge in [-0.25, -0.2) is 0 Å². The van der Waals surface area contributed by atoms with Crippen LogP contribution in [-0.4, -0.2) is 137 Å². The summed E-state index contributed by atoms with van der Waals surface area (Å²) in [5, 5.41) is 34.7. The van der Waals surface area contributed by atoms with E-state index >= 15 is 0 Å². The number of phosphoric acid groups is 2. The summed E-state index contributed by atoms with van der Waals surface area (Å²) in [5.41, 5.74) is 0. The Morgan fingerprint density at radius 1 is 0.634 bits per heavy atom. The van der Waals surface area contributed by atoms with Gasteiger partial charge in [0, 0.05) is 0 Å². The van der Waals surface area contributed by atoms with Crippen LogP contribution in [0.4, 0.5) is 0 Å². The van der Waals surface area contributed by atoms with Gasteiger partial charge in [-0.1, -0.05) is 0 Å². The van der Waals surface area contributed by atoms with Gasteiger partial charge in [0.05, 0.1) is 68.7 Å². The molecule has 0 radical (unpaired) electrons. The molecule has 0 amide bonds. The van der Waals surface area contributed by atoms with Crippen molar-refractivity contribution < 1.29 is 132 Å². The molecule has 0 saturated carbocycles. The Hall–Kier alpha value is 4.49. The Kier molecular flexibility index (Phi) is 46.0. The van der Waals surface area contributed by atoms with Crippen molar-refractivity contribution in [2.45, 2.75) is 12.2 Å². The molecule has 0 fully saturated rings. The van der Waals surface area contributed by atoms with E-state index in [4.69, 9.17) is 70.3 Å². The number of aliphatic hydroxyl groups excluding tert-OH is 4. The third-order valence-corrected chi connectivity index (χ3v) is 5.22. The van der Waals surface area contributed by atoms with Crippen LogP contribution in [0.25, 0.3) is 0 Å². The summed E-state index contributed by atoms with van der Waals surface area (Å²) in [6, 6.07) is 0. The van der Waals surface area contributed by atoms with Crippen LogP contribution in [0, 0.1) is 0 Å². The average Bonchev–Trinajstić information content (AvgIpc) is 2.81. The molecule has 0 heterocycles. The molecule has 4 unspecified atom stereocenters. The molecular formula is C16H40Cd3Cl6N2O12P2. The molecular weight excluding hydrogens is 1020 g/mol. The summed E-state index contributed by atoms with van der Waals surface area (Å²) < 4.78 is 41.2. The van der Waals surface area contributed by atoms with Crippen molar-refractivity contribution >= 4 is 65.5 Å². The third-order valence-electron chi connectivity index (χ3n) is 3.29. The average molecular weight is 1060 g/mol. The van der Waals surface area contributed by atoms with E-state index in [-0.39, 0.29) is 13.2 Å². The summed E-state index contributed by atoms with van der Waals surface area (Å²) in [5.74, 6) is 0. The molecule has 0 aliphatic rings. The zero-order chi connectivity index (χ0) is 33.8. The van der Waals surface area contributed by atoms with Gasteiger partial charge in [-0.05, 0) is 0 Å². The fourth-order valence-electron chi connectivity index (χ4n) is 1.39. The number of likely N-dealkylation sites (N-methyl/N-ethyl adjacent to an activating group) is 2.